The maximum atomic E-state index is 12.0. The van der Waals surface area contributed by atoms with Crippen LogP contribution in [0, 0.1) is 0 Å². The van der Waals surface area contributed by atoms with E-state index >= 15 is 0 Å². The number of nitrogens with one attached hydrogen (secondary N) is 1. The van der Waals surface area contributed by atoms with E-state index in [4.69, 9.17) is 4.42 Å². The number of thiazole rings is 1. The molecule has 1 saturated heterocycles. The molecule has 2 aromatic heterocycles. The predicted molar refractivity (Wildman–Crippen MR) is 99.4 cm³/mol. The summed E-state index contributed by atoms with van der Waals surface area (Å²) in [6.07, 6.45) is 2.64. The van der Waals surface area contributed by atoms with E-state index in [0.29, 0.717) is 6.54 Å². The van der Waals surface area contributed by atoms with E-state index in [9.17, 15) is 4.79 Å². The van der Waals surface area contributed by atoms with Crippen molar-refractivity contribution in [1.82, 2.24) is 20.1 Å². The monoisotopic (exact) mass is 362 g/mol. The number of rotatable bonds is 7. The van der Waals surface area contributed by atoms with Crippen LogP contribution in [0.3, 0.4) is 0 Å². The molecule has 1 N–H and O–H groups in total. The highest BCUT2D eigenvalue weighted by molar-refractivity contribution is 7.13. The predicted octanol–water partition coefficient (Wildman–Crippen LogP) is 2.44. The van der Waals surface area contributed by atoms with Crippen molar-refractivity contribution < 1.29 is 9.21 Å². The minimum atomic E-state index is 0.130. The molecule has 0 bridgehead atoms. The molecular weight excluding hydrogens is 336 g/mol. The Labute approximate surface area is 152 Å². The number of carbonyl (C=O) groups excluding carboxylic acids is 1. The van der Waals surface area contributed by atoms with Crippen LogP contribution in [0.4, 0.5) is 0 Å². The van der Waals surface area contributed by atoms with Gasteiger partial charge in [0.15, 0.2) is 10.8 Å². The zero-order chi connectivity index (χ0) is 17.6. The zero-order valence-electron chi connectivity index (χ0n) is 14.9. The van der Waals surface area contributed by atoms with Gasteiger partial charge in [0, 0.05) is 44.1 Å². The Kier molecular flexibility index (Phi) is 6.23. The van der Waals surface area contributed by atoms with Crippen molar-refractivity contribution in [3.63, 3.8) is 0 Å². The van der Waals surface area contributed by atoms with Gasteiger partial charge in [0.2, 0.25) is 5.91 Å². The van der Waals surface area contributed by atoms with E-state index < -0.39 is 0 Å². The van der Waals surface area contributed by atoms with Gasteiger partial charge in [0.05, 0.1) is 18.5 Å². The number of amides is 1. The maximum absolute atomic E-state index is 12.0. The van der Waals surface area contributed by atoms with E-state index in [2.05, 4.69) is 32.4 Å². The molecular formula is C18H26N4O2S. The Morgan fingerprint density at radius 2 is 2.12 bits per heavy atom. The largest absolute Gasteiger partial charge is 0.462 e. The molecule has 1 aliphatic heterocycles. The fourth-order valence-corrected chi connectivity index (χ4v) is 3.63. The first-order valence-corrected chi connectivity index (χ1v) is 9.74. The van der Waals surface area contributed by atoms with Crippen LogP contribution in [0.2, 0.25) is 0 Å². The highest BCUT2D eigenvalue weighted by Crippen LogP contribution is 2.24. The molecule has 1 aliphatic rings. The first-order valence-electron chi connectivity index (χ1n) is 8.86. The lowest BCUT2D eigenvalue weighted by molar-refractivity contribution is -0.123. The van der Waals surface area contributed by atoms with E-state index in [1.165, 1.54) is 0 Å². The smallest absolute Gasteiger partial charge is 0.234 e. The quantitative estimate of drug-likeness (QED) is 0.820. The molecule has 1 fully saturated rings. The number of hydrogen-bond acceptors (Lipinski definition) is 6. The number of carbonyl (C=O) groups is 1. The SMILES string of the molecule is CCC(C)NC(=O)CN1CCN(Cc2csc(-c3ccco3)n2)CC1. The molecule has 25 heavy (non-hydrogen) atoms. The summed E-state index contributed by atoms with van der Waals surface area (Å²) in [6.45, 7) is 9.24. The van der Waals surface area contributed by atoms with Crippen molar-refractivity contribution in [3.05, 3.63) is 29.5 Å². The van der Waals surface area contributed by atoms with Crippen molar-refractivity contribution in [3.8, 4) is 10.8 Å². The number of furan rings is 1. The molecule has 7 heteroatoms. The first-order chi connectivity index (χ1) is 12.1. The van der Waals surface area contributed by atoms with Crippen molar-refractivity contribution in [2.75, 3.05) is 32.7 Å². The molecule has 1 unspecified atom stereocenters. The minimum Gasteiger partial charge on any atom is -0.462 e. The standard InChI is InChI=1S/C18H26N4O2S/c1-3-14(2)19-17(23)12-22-8-6-21(7-9-22)11-15-13-25-18(20-15)16-5-4-10-24-16/h4-5,10,13-14H,3,6-9,11-12H2,1-2H3,(H,19,23). The second-order valence-electron chi connectivity index (χ2n) is 6.55. The molecule has 1 amide bonds. The van der Waals surface area contributed by atoms with Crippen LogP contribution < -0.4 is 5.32 Å². The summed E-state index contributed by atoms with van der Waals surface area (Å²) in [5.74, 6) is 0.957. The maximum Gasteiger partial charge on any atom is 0.234 e. The van der Waals surface area contributed by atoms with E-state index in [1.807, 2.05) is 19.1 Å². The number of piperazine rings is 1. The normalized spacial score (nSPS) is 17.5. The Balaban J connectivity index is 1.43. The van der Waals surface area contributed by atoms with Crippen molar-refractivity contribution in [2.45, 2.75) is 32.9 Å². The molecule has 0 aliphatic carbocycles. The number of aromatic nitrogens is 1. The summed E-state index contributed by atoms with van der Waals surface area (Å²) in [6, 6.07) is 4.07. The van der Waals surface area contributed by atoms with E-state index in [-0.39, 0.29) is 11.9 Å². The molecule has 2 aromatic rings. The van der Waals surface area contributed by atoms with Crippen molar-refractivity contribution in [1.29, 1.82) is 0 Å². The second kappa shape index (κ2) is 8.60. The zero-order valence-corrected chi connectivity index (χ0v) is 15.7. The fourth-order valence-electron chi connectivity index (χ4n) is 2.85. The summed E-state index contributed by atoms with van der Waals surface area (Å²) in [7, 11) is 0. The average molecular weight is 362 g/mol. The second-order valence-corrected chi connectivity index (χ2v) is 7.41. The Morgan fingerprint density at radius 3 is 2.80 bits per heavy atom. The van der Waals surface area contributed by atoms with Crippen molar-refractivity contribution >= 4 is 17.2 Å². The van der Waals surface area contributed by atoms with Crippen LogP contribution in [-0.4, -0.2) is 59.5 Å². The van der Waals surface area contributed by atoms with Gasteiger partial charge in [-0.05, 0) is 25.5 Å². The molecule has 6 nitrogen and oxygen atoms in total. The van der Waals surface area contributed by atoms with Crippen LogP contribution in [0.1, 0.15) is 26.0 Å². The Bertz CT molecular complexity index is 662. The van der Waals surface area contributed by atoms with Crippen molar-refractivity contribution in [2.24, 2.45) is 0 Å². The van der Waals surface area contributed by atoms with Crippen LogP contribution in [-0.2, 0) is 11.3 Å². The summed E-state index contributed by atoms with van der Waals surface area (Å²) in [4.78, 5) is 21.3. The van der Waals surface area contributed by atoms with Gasteiger partial charge in [-0.1, -0.05) is 6.92 Å². The van der Waals surface area contributed by atoms with Gasteiger partial charge < -0.3 is 9.73 Å². The van der Waals surface area contributed by atoms with Gasteiger partial charge in [-0.3, -0.25) is 14.6 Å². The molecule has 1 atom stereocenters. The van der Waals surface area contributed by atoms with Gasteiger partial charge in [-0.15, -0.1) is 11.3 Å². The first kappa shape index (κ1) is 18.1. The molecule has 0 aromatic carbocycles. The Hall–Kier alpha value is -1.70. The van der Waals surface area contributed by atoms with Crippen LogP contribution in [0.25, 0.3) is 10.8 Å². The fraction of sp³-hybridized carbons (Fsp3) is 0.556. The molecule has 0 spiro atoms. The van der Waals surface area contributed by atoms with Gasteiger partial charge in [0.1, 0.15) is 0 Å². The lowest BCUT2D eigenvalue weighted by atomic mass is 10.2. The minimum absolute atomic E-state index is 0.130. The lowest BCUT2D eigenvalue weighted by Gasteiger charge is -2.34. The van der Waals surface area contributed by atoms with E-state index in [0.717, 1.165) is 55.6 Å². The average Bonchev–Trinajstić information content (AvgIpc) is 3.27. The van der Waals surface area contributed by atoms with E-state index in [1.54, 1.807) is 17.6 Å². The number of nitrogens with zero attached hydrogens (tertiary/aromatic N) is 3. The van der Waals surface area contributed by atoms with Gasteiger partial charge in [-0.2, -0.15) is 0 Å². The van der Waals surface area contributed by atoms with Gasteiger partial charge in [-0.25, -0.2) is 4.98 Å². The number of hydrogen-bond donors (Lipinski definition) is 1. The van der Waals surface area contributed by atoms with Crippen LogP contribution in [0.5, 0.6) is 0 Å². The van der Waals surface area contributed by atoms with Gasteiger partial charge in [0.25, 0.3) is 0 Å². The molecule has 136 valence electrons. The third-order valence-electron chi connectivity index (χ3n) is 4.52. The van der Waals surface area contributed by atoms with Crippen LogP contribution in [0.15, 0.2) is 28.2 Å². The topological polar surface area (TPSA) is 61.6 Å². The highest BCUT2D eigenvalue weighted by Gasteiger charge is 2.20. The summed E-state index contributed by atoms with van der Waals surface area (Å²) >= 11 is 1.62. The third-order valence-corrected chi connectivity index (χ3v) is 5.43. The highest BCUT2D eigenvalue weighted by atomic mass is 32.1. The molecule has 0 radical (unpaired) electrons. The van der Waals surface area contributed by atoms with Crippen LogP contribution >= 0.6 is 11.3 Å². The summed E-state index contributed by atoms with van der Waals surface area (Å²) < 4.78 is 5.40. The summed E-state index contributed by atoms with van der Waals surface area (Å²) in [5.41, 5.74) is 1.08. The summed E-state index contributed by atoms with van der Waals surface area (Å²) in [5, 5.41) is 6.06. The molecule has 3 rings (SSSR count). The Morgan fingerprint density at radius 1 is 1.36 bits per heavy atom. The molecule has 0 saturated carbocycles. The van der Waals surface area contributed by atoms with Gasteiger partial charge >= 0.3 is 0 Å². The molecule has 3 heterocycles. The lowest BCUT2D eigenvalue weighted by Crippen LogP contribution is -2.49. The third kappa shape index (κ3) is 5.14.